The van der Waals surface area contributed by atoms with Crippen molar-refractivity contribution in [2.45, 2.75) is 77.0 Å². The highest BCUT2D eigenvalue weighted by atomic mass is 16.1. The number of fused-ring (bicyclic) bond motifs is 1. The van der Waals surface area contributed by atoms with Crippen LogP contribution in [0.5, 0.6) is 0 Å². The molecule has 4 bridgehead atoms. The number of carbonyl (C=O) groups is 1. The highest BCUT2D eigenvalue weighted by molar-refractivity contribution is 6.02. The van der Waals surface area contributed by atoms with Crippen LogP contribution in [0.3, 0.4) is 0 Å². The van der Waals surface area contributed by atoms with Crippen molar-refractivity contribution in [3.05, 3.63) is 29.1 Å². The molecular formula is C22H29NO. The number of hydrogen-bond acceptors (Lipinski definition) is 2. The molecule has 128 valence electrons. The average molecular weight is 323 g/mol. The molecule has 2 nitrogen and oxygen atoms in total. The molecule has 0 spiro atoms. The maximum absolute atomic E-state index is 12.9. The Bertz CT molecular complexity index is 671. The van der Waals surface area contributed by atoms with E-state index in [2.05, 4.69) is 26.0 Å². The van der Waals surface area contributed by atoms with Gasteiger partial charge in [-0.25, -0.2) is 0 Å². The Morgan fingerprint density at radius 2 is 1.71 bits per heavy atom. The van der Waals surface area contributed by atoms with E-state index < -0.39 is 0 Å². The van der Waals surface area contributed by atoms with Crippen LogP contribution < -0.4 is 0 Å². The van der Waals surface area contributed by atoms with Crippen molar-refractivity contribution in [3.8, 4) is 0 Å². The largest absolute Gasteiger partial charge is 0.293 e. The predicted molar refractivity (Wildman–Crippen MR) is 95.1 cm³/mol. The van der Waals surface area contributed by atoms with Crippen molar-refractivity contribution < 1.29 is 4.79 Å². The quantitative estimate of drug-likeness (QED) is 0.758. The van der Waals surface area contributed by atoms with Gasteiger partial charge in [0.15, 0.2) is 5.78 Å². The second kappa shape index (κ2) is 4.93. The van der Waals surface area contributed by atoms with Crippen LogP contribution in [0.1, 0.15) is 87.0 Å². The van der Waals surface area contributed by atoms with E-state index in [0.717, 1.165) is 48.3 Å². The van der Waals surface area contributed by atoms with Gasteiger partial charge in [0.2, 0.25) is 0 Å². The Kier molecular flexibility index (Phi) is 3.10. The summed E-state index contributed by atoms with van der Waals surface area (Å²) < 4.78 is 0. The third-order valence-corrected chi connectivity index (χ3v) is 8.04. The van der Waals surface area contributed by atoms with E-state index in [1.807, 2.05) is 0 Å². The lowest BCUT2D eigenvalue weighted by atomic mass is 9.48. The summed E-state index contributed by atoms with van der Waals surface area (Å²) in [6.07, 6.45) is 11.3. The van der Waals surface area contributed by atoms with Gasteiger partial charge in [0.1, 0.15) is 0 Å². The van der Waals surface area contributed by atoms with Crippen molar-refractivity contribution in [3.63, 3.8) is 0 Å². The minimum absolute atomic E-state index is 0.170. The summed E-state index contributed by atoms with van der Waals surface area (Å²) in [5, 5.41) is 0. The van der Waals surface area contributed by atoms with Crippen molar-refractivity contribution in [1.29, 1.82) is 0 Å². The van der Waals surface area contributed by atoms with Gasteiger partial charge >= 0.3 is 0 Å². The first-order valence-corrected chi connectivity index (χ1v) is 10.1. The number of Topliss-reactive ketones (excluding diaryl/α,β-unsaturated/α-hetero) is 1. The molecule has 0 amide bonds. The standard InChI is InChI=1S/C22H29NO/c1-3-21(2)7-6-18-17(20(21)24)4-5-19(23-18)22-11-14-8-15(12-22)10-16(9-14)13-22/h4-5,14-16H,3,6-13H2,1-2H3. The molecule has 1 aromatic heterocycles. The lowest BCUT2D eigenvalue weighted by molar-refractivity contribution is -0.00733. The number of hydrogen-bond donors (Lipinski definition) is 0. The van der Waals surface area contributed by atoms with Gasteiger partial charge in [-0.2, -0.15) is 0 Å². The van der Waals surface area contributed by atoms with Gasteiger partial charge in [-0.1, -0.05) is 13.8 Å². The van der Waals surface area contributed by atoms with Crippen molar-refractivity contribution in [1.82, 2.24) is 4.98 Å². The maximum Gasteiger partial charge on any atom is 0.170 e. The zero-order chi connectivity index (χ0) is 16.5. The number of carbonyl (C=O) groups excluding carboxylic acids is 1. The molecule has 1 heterocycles. The van der Waals surface area contributed by atoms with Crippen LogP contribution in [-0.4, -0.2) is 10.8 Å². The molecule has 2 heteroatoms. The fourth-order valence-electron chi connectivity index (χ4n) is 6.79. The molecule has 1 aromatic rings. The topological polar surface area (TPSA) is 30.0 Å². The van der Waals surface area contributed by atoms with Gasteiger partial charge in [0, 0.05) is 22.1 Å². The fraction of sp³-hybridized carbons (Fsp3) is 0.727. The van der Waals surface area contributed by atoms with Crippen LogP contribution in [0, 0.1) is 23.2 Å². The molecule has 1 unspecified atom stereocenters. The first-order valence-electron chi connectivity index (χ1n) is 10.1. The van der Waals surface area contributed by atoms with Crippen molar-refractivity contribution in [2.75, 3.05) is 0 Å². The van der Waals surface area contributed by atoms with Gasteiger partial charge in [0.25, 0.3) is 0 Å². The molecular weight excluding hydrogens is 294 g/mol. The Labute approximate surface area is 145 Å². The maximum atomic E-state index is 12.9. The third-order valence-electron chi connectivity index (χ3n) is 8.04. The zero-order valence-corrected chi connectivity index (χ0v) is 15.1. The molecule has 0 radical (unpaired) electrons. The smallest absolute Gasteiger partial charge is 0.170 e. The van der Waals surface area contributed by atoms with Crippen molar-refractivity contribution in [2.24, 2.45) is 23.2 Å². The summed E-state index contributed by atoms with van der Waals surface area (Å²) in [6, 6.07) is 4.36. The van der Waals surface area contributed by atoms with Gasteiger partial charge < -0.3 is 0 Å². The van der Waals surface area contributed by atoms with E-state index >= 15 is 0 Å². The Morgan fingerprint density at radius 1 is 1.08 bits per heavy atom. The number of aryl methyl sites for hydroxylation is 1. The van der Waals surface area contributed by atoms with E-state index in [0.29, 0.717) is 11.2 Å². The summed E-state index contributed by atoms with van der Waals surface area (Å²) in [5.74, 6) is 3.16. The fourth-order valence-corrected chi connectivity index (χ4v) is 6.79. The molecule has 24 heavy (non-hydrogen) atoms. The molecule has 4 fully saturated rings. The summed E-state index contributed by atoms with van der Waals surface area (Å²) in [7, 11) is 0. The lowest BCUT2D eigenvalue weighted by Gasteiger charge is -2.56. The molecule has 1 atom stereocenters. The van der Waals surface area contributed by atoms with Gasteiger partial charge in [-0.15, -0.1) is 0 Å². The minimum Gasteiger partial charge on any atom is -0.293 e. The second-order valence-corrected chi connectivity index (χ2v) is 9.63. The Morgan fingerprint density at radius 3 is 2.29 bits per heavy atom. The second-order valence-electron chi connectivity index (χ2n) is 9.63. The van der Waals surface area contributed by atoms with E-state index in [-0.39, 0.29) is 5.41 Å². The van der Waals surface area contributed by atoms with Crippen LogP contribution in [0.15, 0.2) is 12.1 Å². The van der Waals surface area contributed by atoms with Crippen molar-refractivity contribution >= 4 is 5.78 Å². The molecule has 0 aromatic carbocycles. The average Bonchev–Trinajstić information content (AvgIpc) is 2.57. The van der Waals surface area contributed by atoms with E-state index in [9.17, 15) is 4.79 Å². The molecule has 0 N–H and O–H groups in total. The summed E-state index contributed by atoms with van der Waals surface area (Å²) in [6.45, 7) is 4.27. The minimum atomic E-state index is -0.170. The van der Waals surface area contributed by atoms with Gasteiger partial charge in [0.05, 0.1) is 5.69 Å². The van der Waals surface area contributed by atoms with E-state index in [1.54, 1.807) is 0 Å². The number of ketones is 1. The molecule has 5 aliphatic rings. The SMILES string of the molecule is CCC1(C)CCc2nc(C34CC5CC(CC(C5)C3)C4)ccc2C1=O. The first-order chi connectivity index (χ1) is 11.5. The Balaban J connectivity index is 1.52. The summed E-state index contributed by atoms with van der Waals surface area (Å²) in [5.41, 5.74) is 3.52. The predicted octanol–water partition coefficient (Wildman–Crippen LogP) is 5.09. The molecule has 6 rings (SSSR count). The number of rotatable bonds is 2. The number of aromatic nitrogens is 1. The van der Waals surface area contributed by atoms with Crippen LogP contribution in [0.2, 0.25) is 0 Å². The highest BCUT2D eigenvalue weighted by Gasteiger charge is 2.52. The molecule has 0 aliphatic heterocycles. The first kappa shape index (κ1) is 15.1. The van der Waals surface area contributed by atoms with Crippen LogP contribution in [0.25, 0.3) is 0 Å². The molecule has 4 saturated carbocycles. The van der Waals surface area contributed by atoms with E-state index in [1.165, 1.54) is 44.2 Å². The lowest BCUT2D eigenvalue weighted by Crippen LogP contribution is -2.49. The summed E-state index contributed by atoms with van der Waals surface area (Å²) >= 11 is 0. The zero-order valence-electron chi connectivity index (χ0n) is 15.1. The number of pyridine rings is 1. The number of nitrogens with zero attached hydrogens (tertiary/aromatic N) is 1. The van der Waals surface area contributed by atoms with E-state index in [4.69, 9.17) is 4.98 Å². The normalized spacial score (nSPS) is 43.1. The molecule has 0 saturated heterocycles. The van der Waals surface area contributed by atoms with Crippen LogP contribution in [-0.2, 0) is 11.8 Å². The third kappa shape index (κ3) is 2.01. The van der Waals surface area contributed by atoms with Gasteiger partial charge in [-0.3, -0.25) is 9.78 Å². The summed E-state index contributed by atoms with van der Waals surface area (Å²) in [4.78, 5) is 18.0. The van der Waals surface area contributed by atoms with Gasteiger partial charge in [-0.05, 0) is 87.7 Å². The Hall–Kier alpha value is -1.18. The van der Waals surface area contributed by atoms with Crippen LogP contribution in [0.4, 0.5) is 0 Å². The van der Waals surface area contributed by atoms with Crippen LogP contribution >= 0.6 is 0 Å². The molecule has 5 aliphatic carbocycles. The monoisotopic (exact) mass is 323 g/mol. The highest BCUT2D eigenvalue weighted by Crippen LogP contribution is 2.60.